The molecule has 0 spiro atoms. The lowest BCUT2D eigenvalue weighted by Gasteiger charge is -2.15. The van der Waals surface area contributed by atoms with Crippen molar-refractivity contribution in [3.8, 4) is 0 Å². The maximum absolute atomic E-state index is 4.47. The number of rotatable bonds is 4. The van der Waals surface area contributed by atoms with Gasteiger partial charge in [0.05, 0.1) is 12.2 Å². The lowest BCUT2D eigenvalue weighted by Crippen LogP contribution is -2.20. The molecular weight excluding hydrogens is 326 g/mol. The van der Waals surface area contributed by atoms with Crippen LogP contribution in [0.4, 0.5) is 0 Å². The second-order valence-electron chi connectivity index (χ2n) is 5.73. The Labute approximate surface area is 134 Å². The van der Waals surface area contributed by atoms with Crippen molar-refractivity contribution in [2.75, 3.05) is 6.54 Å². The Morgan fingerprint density at radius 1 is 1.33 bits per heavy atom. The molecule has 2 aromatic rings. The minimum absolute atomic E-state index is 0.520. The fraction of sp³-hybridized carbons (Fsp3) is 0.471. The standard InChI is InChI=1S/C17H22BrN3/c1-2-19-17-6-4-3-5-13-10-21(12-16(13)17)11-15-8-7-14(18)9-20-15/h7-10,12,17,19H,2-6,11H2,1H3. The smallest absolute Gasteiger partial charge is 0.0642 e. The van der Waals surface area contributed by atoms with Crippen molar-refractivity contribution >= 4 is 15.9 Å². The number of pyridine rings is 1. The number of fused-ring (bicyclic) bond motifs is 1. The van der Waals surface area contributed by atoms with Gasteiger partial charge in [0.2, 0.25) is 0 Å². The summed E-state index contributed by atoms with van der Waals surface area (Å²) in [5.41, 5.74) is 4.10. The molecule has 1 atom stereocenters. The predicted octanol–water partition coefficient (Wildman–Crippen LogP) is 4.07. The number of hydrogen-bond acceptors (Lipinski definition) is 2. The van der Waals surface area contributed by atoms with Crippen molar-refractivity contribution < 1.29 is 0 Å². The van der Waals surface area contributed by atoms with Gasteiger partial charge in [-0.25, -0.2) is 0 Å². The van der Waals surface area contributed by atoms with E-state index in [1.165, 1.54) is 36.8 Å². The van der Waals surface area contributed by atoms with Gasteiger partial charge in [0.25, 0.3) is 0 Å². The molecule has 0 saturated carbocycles. The lowest BCUT2D eigenvalue weighted by atomic mass is 10.0. The molecule has 0 saturated heterocycles. The number of nitrogens with zero attached hydrogens (tertiary/aromatic N) is 2. The third-order valence-electron chi connectivity index (χ3n) is 4.15. The summed E-state index contributed by atoms with van der Waals surface area (Å²) in [5.74, 6) is 0. The van der Waals surface area contributed by atoms with Gasteiger partial charge >= 0.3 is 0 Å². The van der Waals surface area contributed by atoms with Gasteiger partial charge in [-0.3, -0.25) is 4.98 Å². The van der Waals surface area contributed by atoms with Crippen LogP contribution in [0.1, 0.15) is 49.0 Å². The normalized spacial score (nSPS) is 18.3. The summed E-state index contributed by atoms with van der Waals surface area (Å²) in [5, 5.41) is 3.63. The van der Waals surface area contributed by atoms with Gasteiger partial charge in [-0.15, -0.1) is 0 Å². The molecular formula is C17H22BrN3. The Balaban J connectivity index is 1.81. The first-order valence-corrected chi connectivity index (χ1v) is 8.58. The van der Waals surface area contributed by atoms with Crippen LogP contribution in [0.5, 0.6) is 0 Å². The summed E-state index contributed by atoms with van der Waals surface area (Å²) in [4.78, 5) is 4.47. The average Bonchev–Trinajstić information content (AvgIpc) is 2.79. The van der Waals surface area contributed by atoms with E-state index in [-0.39, 0.29) is 0 Å². The number of nitrogens with one attached hydrogen (secondary N) is 1. The fourth-order valence-electron chi connectivity index (χ4n) is 3.15. The van der Waals surface area contributed by atoms with Crippen LogP contribution in [0.3, 0.4) is 0 Å². The molecule has 1 unspecified atom stereocenters. The molecule has 4 heteroatoms. The van der Waals surface area contributed by atoms with Crippen molar-refractivity contribution in [1.82, 2.24) is 14.9 Å². The fourth-order valence-corrected chi connectivity index (χ4v) is 3.39. The highest BCUT2D eigenvalue weighted by molar-refractivity contribution is 9.10. The highest BCUT2D eigenvalue weighted by Gasteiger charge is 2.19. The van der Waals surface area contributed by atoms with Crippen LogP contribution in [0.15, 0.2) is 35.2 Å². The molecule has 1 aliphatic rings. The number of aryl methyl sites for hydroxylation is 1. The van der Waals surface area contributed by atoms with Crippen molar-refractivity contribution in [3.63, 3.8) is 0 Å². The van der Waals surface area contributed by atoms with E-state index in [1.54, 1.807) is 0 Å². The molecule has 1 aliphatic carbocycles. The first-order chi connectivity index (χ1) is 10.3. The molecule has 3 nitrogen and oxygen atoms in total. The van der Waals surface area contributed by atoms with E-state index >= 15 is 0 Å². The zero-order chi connectivity index (χ0) is 14.7. The van der Waals surface area contributed by atoms with Crippen molar-refractivity contribution in [3.05, 3.63) is 52.0 Å². The summed E-state index contributed by atoms with van der Waals surface area (Å²) < 4.78 is 3.32. The predicted molar refractivity (Wildman–Crippen MR) is 89.4 cm³/mol. The highest BCUT2D eigenvalue weighted by Crippen LogP contribution is 2.29. The van der Waals surface area contributed by atoms with Gasteiger partial charge in [-0.1, -0.05) is 13.3 Å². The Bertz CT molecular complexity index is 589. The first-order valence-electron chi connectivity index (χ1n) is 7.78. The van der Waals surface area contributed by atoms with Gasteiger partial charge in [-0.05, 0) is 65.0 Å². The SMILES string of the molecule is CCNC1CCCCc2cn(Cc3ccc(Br)cn3)cc21. The topological polar surface area (TPSA) is 29.9 Å². The minimum Gasteiger partial charge on any atom is -0.348 e. The molecule has 112 valence electrons. The van der Waals surface area contributed by atoms with Crippen LogP contribution >= 0.6 is 15.9 Å². The molecule has 0 bridgehead atoms. The Hall–Kier alpha value is -1.13. The zero-order valence-electron chi connectivity index (χ0n) is 12.5. The molecule has 3 rings (SSSR count). The van der Waals surface area contributed by atoms with Crippen LogP contribution in [-0.4, -0.2) is 16.1 Å². The van der Waals surface area contributed by atoms with E-state index in [1.807, 2.05) is 6.20 Å². The molecule has 0 amide bonds. The highest BCUT2D eigenvalue weighted by atomic mass is 79.9. The molecule has 1 N–H and O–H groups in total. The molecule has 0 aromatic carbocycles. The first kappa shape index (κ1) is 14.8. The van der Waals surface area contributed by atoms with Gasteiger partial charge in [0, 0.05) is 29.1 Å². The number of halogens is 1. The van der Waals surface area contributed by atoms with E-state index in [4.69, 9.17) is 0 Å². The van der Waals surface area contributed by atoms with Gasteiger partial charge in [0.15, 0.2) is 0 Å². The second-order valence-corrected chi connectivity index (χ2v) is 6.65. The second kappa shape index (κ2) is 6.75. The lowest BCUT2D eigenvalue weighted by molar-refractivity contribution is 0.502. The third kappa shape index (κ3) is 3.55. The maximum Gasteiger partial charge on any atom is 0.0642 e. The van der Waals surface area contributed by atoms with Crippen LogP contribution in [0.25, 0.3) is 0 Å². The molecule has 2 aromatic heterocycles. The van der Waals surface area contributed by atoms with Gasteiger partial charge < -0.3 is 9.88 Å². The zero-order valence-corrected chi connectivity index (χ0v) is 14.1. The molecule has 0 fully saturated rings. The van der Waals surface area contributed by atoms with E-state index in [0.29, 0.717) is 6.04 Å². The van der Waals surface area contributed by atoms with Crippen LogP contribution in [-0.2, 0) is 13.0 Å². The summed E-state index contributed by atoms with van der Waals surface area (Å²) >= 11 is 3.43. The monoisotopic (exact) mass is 347 g/mol. The van der Waals surface area contributed by atoms with E-state index in [2.05, 4.69) is 62.2 Å². The minimum atomic E-state index is 0.520. The molecule has 21 heavy (non-hydrogen) atoms. The van der Waals surface area contributed by atoms with E-state index in [0.717, 1.165) is 23.3 Å². The van der Waals surface area contributed by atoms with Crippen molar-refractivity contribution in [1.29, 1.82) is 0 Å². The third-order valence-corrected chi connectivity index (χ3v) is 4.61. The van der Waals surface area contributed by atoms with E-state index in [9.17, 15) is 0 Å². The largest absolute Gasteiger partial charge is 0.348 e. The Morgan fingerprint density at radius 3 is 3.00 bits per heavy atom. The number of aromatic nitrogens is 2. The summed E-state index contributed by atoms with van der Waals surface area (Å²) in [7, 11) is 0. The van der Waals surface area contributed by atoms with Crippen LogP contribution in [0.2, 0.25) is 0 Å². The Morgan fingerprint density at radius 2 is 2.24 bits per heavy atom. The van der Waals surface area contributed by atoms with Gasteiger partial charge in [-0.2, -0.15) is 0 Å². The van der Waals surface area contributed by atoms with Crippen LogP contribution in [0, 0.1) is 0 Å². The summed E-state index contributed by atoms with van der Waals surface area (Å²) in [6.07, 6.45) is 11.6. The maximum atomic E-state index is 4.47. The Kier molecular flexibility index (Phi) is 4.76. The number of hydrogen-bond donors (Lipinski definition) is 1. The molecule has 2 heterocycles. The molecule has 0 aliphatic heterocycles. The summed E-state index contributed by atoms with van der Waals surface area (Å²) in [6, 6.07) is 4.65. The van der Waals surface area contributed by atoms with E-state index < -0.39 is 0 Å². The van der Waals surface area contributed by atoms with Gasteiger partial charge in [0.1, 0.15) is 0 Å². The van der Waals surface area contributed by atoms with Crippen molar-refractivity contribution in [2.45, 2.75) is 45.2 Å². The van der Waals surface area contributed by atoms with Crippen LogP contribution < -0.4 is 5.32 Å². The van der Waals surface area contributed by atoms with Crippen molar-refractivity contribution in [2.24, 2.45) is 0 Å². The molecule has 0 radical (unpaired) electrons. The average molecular weight is 348 g/mol. The summed E-state index contributed by atoms with van der Waals surface area (Å²) in [6.45, 7) is 4.07. The quantitative estimate of drug-likeness (QED) is 0.844.